The number of phenols is 1. The van der Waals surface area contributed by atoms with Crippen molar-refractivity contribution >= 4 is 11.7 Å². The maximum atomic E-state index is 12.5. The summed E-state index contributed by atoms with van der Waals surface area (Å²) in [4.78, 5) is 14.1. The lowest BCUT2D eigenvalue weighted by atomic mass is 10.00. The second-order valence-corrected chi connectivity index (χ2v) is 5.95. The summed E-state index contributed by atoms with van der Waals surface area (Å²) >= 11 is 0. The summed E-state index contributed by atoms with van der Waals surface area (Å²) in [5.41, 5.74) is 3.99. The number of amides is 2. The number of fused-ring (bicyclic) bond motifs is 1. The second-order valence-electron chi connectivity index (χ2n) is 5.95. The van der Waals surface area contributed by atoms with Crippen LogP contribution in [0.4, 0.5) is 10.5 Å². The summed E-state index contributed by atoms with van der Waals surface area (Å²) in [6, 6.07) is 10.7. The Labute approximate surface area is 169 Å². The largest absolute Gasteiger partial charge is 0.508 e. The van der Waals surface area contributed by atoms with Crippen LogP contribution in [0.5, 0.6) is 11.5 Å². The molecular weight excluding hydrogens is 352 g/mol. The van der Waals surface area contributed by atoms with Crippen molar-refractivity contribution in [2.75, 3.05) is 12.0 Å². The molecule has 0 aromatic heterocycles. The number of aromatic hydroxyl groups is 1. The molecule has 2 aromatic carbocycles. The van der Waals surface area contributed by atoms with Gasteiger partial charge < -0.3 is 15.2 Å². The van der Waals surface area contributed by atoms with Crippen molar-refractivity contribution in [2.24, 2.45) is 0 Å². The van der Waals surface area contributed by atoms with Crippen LogP contribution < -0.4 is 15.0 Å². The molecule has 0 bridgehead atoms. The maximum absolute atomic E-state index is 12.5. The van der Waals surface area contributed by atoms with Crippen molar-refractivity contribution in [3.05, 3.63) is 53.1 Å². The highest BCUT2D eigenvalue weighted by atomic mass is 16.5. The van der Waals surface area contributed by atoms with E-state index in [1.165, 1.54) is 5.56 Å². The van der Waals surface area contributed by atoms with Crippen molar-refractivity contribution < 1.29 is 14.6 Å². The number of nitrogens with one attached hydrogen (secondary N) is 1. The molecule has 28 heavy (non-hydrogen) atoms. The molecule has 1 aliphatic rings. The van der Waals surface area contributed by atoms with E-state index in [0.29, 0.717) is 18.8 Å². The van der Waals surface area contributed by atoms with Gasteiger partial charge in [-0.3, -0.25) is 4.90 Å². The number of carbonyl (C=O) groups is 1. The topological polar surface area (TPSA) is 61.8 Å². The van der Waals surface area contributed by atoms with Crippen LogP contribution in [-0.2, 0) is 19.5 Å². The summed E-state index contributed by atoms with van der Waals surface area (Å²) in [7, 11) is 1.67. The van der Waals surface area contributed by atoms with E-state index in [9.17, 15) is 9.90 Å². The number of phenolic OH excluding ortho intramolecular Hbond substituents is 1. The van der Waals surface area contributed by atoms with Crippen molar-refractivity contribution in [2.45, 2.75) is 60.5 Å². The third kappa shape index (κ3) is 5.65. The van der Waals surface area contributed by atoms with Crippen molar-refractivity contribution in [3.63, 3.8) is 0 Å². The highest BCUT2D eigenvalue weighted by molar-refractivity contribution is 5.92. The fraction of sp³-hybridized carbons (Fsp3) is 0.435. The van der Waals surface area contributed by atoms with E-state index in [1.807, 2.05) is 39.8 Å². The van der Waals surface area contributed by atoms with Gasteiger partial charge in [0.05, 0.1) is 13.7 Å². The van der Waals surface area contributed by atoms with E-state index in [0.717, 1.165) is 29.7 Å². The van der Waals surface area contributed by atoms with Crippen molar-refractivity contribution in [3.8, 4) is 11.5 Å². The molecule has 0 saturated carbocycles. The second kappa shape index (κ2) is 11.9. The van der Waals surface area contributed by atoms with Crippen LogP contribution >= 0.6 is 0 Å². The van der Waals surface area contributed by atoms with Crippen LogP contribution in [0, 0.1) is 0 Å². The van der Waals surface area contributed by atoms with E-state index in [4.69, 9.17) is 4.74 Å². The molecule has 5 heteroatoms. The minimum atomic E-state index is -0.173. The molecule has 0 saturated heterocycles. The Balaban J connectivity index is 0.000000921. The first-order valence-corrected chi connectivity index (χ1v) is 10.2. The summed E-state index contributed by atoms with van der Waals surface area (Å²) in [5, 5.41) is 12.6. The normalized spacial score (nSPS) is 12.4. The Bertz CT molecular complexity index is 760. The van der Waals surface area contributed by atoms with Gasteiger partial charge in [-0.05, 0) is 47.4 Å². The van der Waals surface area contributed by atoms with Gasteiger partial charge >= 0.3 is 6.03 Å². The molecule has 1 aliphatic heterocycles. The Morgan fingerprint density at radius 1 is 1.11 bits per heavy atom. The Morgan fingerprint density at radius 3 is 2.43 bits per heavy atom. The first kappa shape index (κ1) is 23.3. The van der Waals surface area contributed by atoms with E-state index in [-0.39, 0.29) is 11.8 Å². The number of hydrogen-bond donors (Lipinski definition) is 2. The zero-order chi connectivity index (χ0) is 21.1. The molecule has 0 spiro atoms. The number of aryl methyl sites for hydroxylation is 1. The van der Waals surface area contributed by atoms with Crippen LogP contribution in [0.25, 0.3) is 0 Å². The van der Waals surface area contributed by atoms with Gasteiger partial charge in [-0.2, -0.15) is 0 Å². The summed E-state index contributed by atoms with van der Waals surface area (Å²) < 4.78 is 5.53. The molecule has 0 fully saturated rings. The summed E-state index contributed by atoms with van der Waals surface area (Å²) in [6.07, 6.45) is 1.98. The molecule has 5 nitrogen and oxygen atoms in total. The number of anilines is 1. The van der Waals surface area contributed by atoms with Gasteiger partial charge in [0.1, 0.15) is 11.5 Å². The van der Waals surface area contributed by atoms with Crippen LogP contribution in [0.3, 0.4) is 0 Å². The average Bonchev–Trinajstić information content (AvgIpc) is 2.89. The number of rotatable bonds is 4. The SMILES string of the molecule is CC.CC.CCCc1cc2c(cc1OC)CN(c1cccc(O)c1)C(=O)NC2. The quantitative estimate of drug-likeness (QED) is 0.715. The smallest absolute Gasteiger partial charge is 0.322 e. The van der Waals surface area contributed by atoms with Gasteiger partial charge in [-0.25, -0.2) is 4.79 Å². The molecule has 0 radical (unpaired) electrons. The molecule has 0 atom stereocenters. The fourth-order valence-electron chi connectivity index (χ4n) is 3.06. The van der Waals surface area contributed by atoms with Crippen molar-refractivity contribution in [1.29, 1.82) is 0 Å². The summed E-state index contributed by atoms with van der Waals surface area (Å²) in [5.74, 6) is 1.00. The van der Waals surface area contributed by atoms with Crippen LogP contribution in [0.15, 0.2) is 36.4 Å². The number of nitrogens with zero attached hydrogens (tertiary/aromatic N) is 1. The number of ether oxygens (including phenoxy) is 1. The van der Waals surface area contributed by atoms with Gasteiger partial charge in [0.25, 0.3) is 0 Å². The zero-order valence-electron chi connectivity index (χ0n) is 18.0. The Morgan fingerprint density at radius 2 is 1.82 bits per heavy atom. The van der Waals surface area contributed by atoms with E-state index >= 15 is 0 Å². The number of benzene rings is 2. The standard InChI is InChI=1S/C19H22N2O3.2C2H6/c1-3-5-13-8-14-11-20-19(23)21(12-15(14)9-18(13)24-2)16-6-4-7-17(22)10-16;2*1-2/h4,6-10,22H,3,5,11-12H2,1-2H3,(H,20,23);2*1-2H3. The number of carbonyl (C=O) groups excluding carboxylic acids is 1. The predicted octanol–water partition coefficient (Wildman–Crippen LogP) is 5.64. The first-order valence-electron chi connectivity index (χ1n) is 10.2. The average molecular weight is 387 g/mol. The first-order chi connectivity index (χ1) is 13.6. The Kier molecular flexibility index (Phi) is 9.93. The highest BCUT2D eigenvalue weighted by Gasteiger charge is 2.23. The number of urea groups is 1. The van der Waals surface area contributed by atoms with Gasteiger partial charge in [0.2, 0.25) is 0 Å². The maximum Gasteiger partial charge on any atom is 0.322 e. The third-order valence-corrected chi connectivity index (χ3v) is 4.27. The lowest BCUT2D eigenvalue weighted by Gasteiger charge is -2.21. The number of methoxy groups -OCH3 is 1. The molecule has 2 aromatic rings. The van der Waals surface area contributed by atoms with Crippen LogP contribution in [0.1, 0.15) is 57.7 Å². The fourth-order valence-corrected chi connectivity index (χ4v) is 3.06. The molecule has 2 amide bonds. The van der Waals surface area contributed by atoms with E-state index in [1.54, 1.807) is 30.2 Å². The van der Waals surface area contributed by atoms with E-state index in [2.05, 4.69) is 18.3 Å². The molecule has 3 rings (SSSR count). The summed E-state index contributed by atoms with van der Waals surface area (Å²) in [6.45, 7) is 11.1. The van der Waals surface area contributed by atoms with Crippen LogP contribution in [0.2, 0.25) is 0 Å². The zero-order valence-corrected chi connectivity index (χ0v) is 18.0. The lowest BCUT2D eigenvalue weighted by molar-refractivity contribution is 0.246. The van der Waals surface area contributed by atoms with E-state index < -0.39 is 0 Å². The van der Waals surface area contributed by atoms with Gasteiger partial charge in [0.15, 0.2) is 0 Å². The monoisotopic (exact) mass is 386 g/mol. The predicted molar refractivity (Wildman–Crippen MR) is 116 cm³/mol. The molecule has 2 N–H and O–H groups in total. The lowest BCUT2D eigenvalue weighted by Crippen LogP contribution is -2.36. The third-order valence-electron chi connectivity index (χ3n) is 4.27. The molecule has 0 unspecified atom stereocenters. The van der Waals surface area contributed by atoms with Gasteiger partial charge in [-0.1, -0.05) is 47.1 Å². The molecule has 1 heterocycles. The molecule has 154 valence electrons. The Hall–Kier alpha value is -2.69. The van der Waals surface area contributed by atoms with Gasteiger partial charge in [0, 0.05) is 18.3 Å². The molecular formula is C23H34N2O3. The number of hydrogen-bond acceptors (Lipinski definition) is 3. The minimum Gasteiger partial charge on any atom is -0.508 e. The minimum absolute atomic E-state index is 0.139. The van der Waals surface area contributed by atoms with Crippen LogP contribution in [-0.4, -0.2) is 18.2 Å². The highest BCUT2D eigenvalue weighted by Crippen LogP contribution is 2.30. The van der Waals surface area contributed by atoms with Gasteiger partial charge in [-0.15, -0.1) is 0 Å². The van der Waals surface area contributed by atoms with Crippen molar-refractivity contribution in [1.82, 2.24) is 5.32 Å². The molecule has 0 aliphatic carbocycles.